The van der Waals surface area contributed by atoms with E-state index in [0.717, 1.165) is 22.2 Å². The average molecular weight is 234 g/mol. The maximum Gasteiger partial charge on any atom is 0.0931 e. The lowest BCUT2D eigenvalue weighted by Crippen LogP contribution is -2.30. The molecule has 14 heavy (non-hydrogen) atoms. The molecule has 1 aromatic heterocycles. The molecule has 2 nitrogen and oxygen atoms in total. The lowest BCUT2D eigenvalue weighted by molar-refractivity contribution is 0.0528. The van der Waals surface area contributed by atoms with Gasteiger partial charge in [0.15, 0.2) is 0 Å². The first-order chi connectivity index (χ1) is 6.53. The fourth-order valence-electron chi connectivity index (χ4n) is 1.30. The van der Waals surface area contributed by atoms with E-state index in [0.29, 0.717) is 6.42 Å². The summed E-state index contributed by atoms with van der Waals surface area (Å²) < 4.78 is 0.782. The Morgan fingerprint density at radius 1 is 1.57 bits per heavy atom. The van der Waals surface area contributed by atoms with Gasteiger partial charge in [-0.05, 0) is 39.1 Å². The summed E-state index contributed by atoms with van der Waals surface area (Å²) in [6.07, 6.45) is 1.42. The minimum absolute atomic E-state index is 0.642. The Morgan fingerprint density at radius 2 is 2.29 bits per heavy atom. The van der Waals surface area contributed by atoms with Gasteiger partial charge in [0.1, 0.15) is 0 Å². The first-order valence-corrected chi connectivity index (χ1v) is 5.84. The molecule has 0 aromatic carbocycles. The second-order valence-electron chi connectivity index (χ2n) is 3.73. The van der Waals surface area contributed by atoms with E-state index >= 15 is 0 Å². The van der Waals surface area contributed by atoms with Crippen molar-refractivity contribution in [3.05, 3.63) is 21.3 Å². The van der Waals surface area contributed by atoms with Gasteiger partial charge in [-0.1, -0.05) is 11.6 Å². The molecule has 0 amide bonds. The van der Waals surface area contributed by atoms with Crippen LogP contribution >= 0.6 is 22.9 Å². The highest BCUT2D eigenvalue weighted by Crippen LogP contribution is 2.26. The molecular formula is C10H16ClNOS. The summed E-state index contributed by atoms with van der Waals surface area (Å²) in [5.74, 6) is 0. The van der Waals surface area contributed by atoms with Gasteiger partial charge in [0.05, 0.1) is 9.94 Å². The minimum atomic E-state index is -0.642. The third-order valence-electron chi connectivity index (χ3n) is 2.10. The molecule has 0 aliphatic carbocycles. The van der Waals surface area contributed by atoms with Gasteiger partial charge in [-0.2, -0.15) is 0 Å². The Labute approximate surface area is 93.9 Å². The Morgan fingerprint density at radius 3 is 2.79 bits per heavy atom. The normalized spacial score (nSPS) is 15.4. The maximum absolute atomic E-state index is 10.0. The summed E-state index contributed by atoms with van der Waals surface area (Å²) in [5, 5.41) is 13.1. The largest absolute Gasteiger partial charge is 0.390 e. The third kappa shape index (κ3) is 3.96. The predicted octanol–water partition coefficient (Wildman–Crippen LogP) is 2.30. The van der Waals surface area contributed by atoms with Crippen LogP contribution in [0.3, 0.4) is 0 Å². The summed E-state index contributed by atoms with van der Waals surface area (Å²) in [5.41, 5.74) is -0.642. The lowest BCUT2D eigenvalue weighted by Gasteiger charge is -2.22. The Bertz CT molecular complexity index is 285. The molecule has 80 valence electrons. The highest BCUT2D eigenvalue weighted by atomic mass is 35.5. The molecule has 0 saturated carbocycles. The van der Waals surface area contributed by atoms with Crippen LogP contribution < -0.4 is 5.32 Å². The fourth-order valence-corrected chi connectivity index (χ4v) is 2.57. The van der Waals surface area contributed by atoms with Crippen LogP contribution in [-0.2, 0) is 6.42 Å². The van der Waals surface area contributed by atoms with E-state index in [1.807, 2.05) is 26.1 Å². The number of thiophene rings is 1. The number of nitrogens with one attached hydrogen (secondary N) is 1. The number of hydrogen-bond acceptors (Lipinski definition) is 3. The standard InChI is InChI=1S/C10H16ClNOS/c1-10(13,5-6-12-2)7-8-3-4-9(11)14-8/h3-4,12-13H,5-7H2,1-2H3. The molecule has 0 aliphatic rings. The van der Waals surface area contributed by atoms with Crippen LogP contribution in [0.5, 0.6) is 0 Å². The molecule has 1 unspecified atom stereocenters. The molecule has 0 radical (unpaired) electrons. The van der Waals surface area contributed by atoms with Crippen molar-refractivity contribution in [1.29, 1.82) is 0 Å². The smallest absolute Gasteiger partial charge is 0.0931 e. The van der Waals surface area contributed by atoms with Crippen molar-refractivity contribution >= 4 is 22.9 Å². The summed E-state index contributed by atoms with van der Waals surface area (Å²) in [4.78, 5) is 1.14. The van der Waals surface area contributed by atoms with Crippen LogP contribution in [0.2, 0.25) is 4.34 Å². The van der Waals surface area contributed by atoms with Crippen LogP contribution in [0.25, 0.3) is 0 Å². The molecule has 1 aromatic rings. The van der Waals surface area contributed by atoms with E-state index in [1.54, 1.807) is 0 Å². The van der Waals surface area contributed by atoms with Crippen molar-refractivity contribution in [1.82, 2.24) is 5.32 Å². The average Bonchev–Trinajstić information content (AvgIpc) is 2.47. The van der Waals surface area contributed by atoms with Crippen molar-refractivity contribution in [2.45, 2.75) is 25.4 Å². The minimum Gasteiger partial charge on any atom is -0.390 e. The van der Waals surface area contributed by atoms with Gasteiger partial charge in [0, 0.05) is 11.3 Å². The zero-order chi connectivity index (χ0) is 10.6. The van der Waals surface area contributed by atoms with Crippen molar-refractivity contribution in [2.75, 3.05) is 13.6 Å². The Hall–Kier alpha value is -0.0900. The van der Waals surface area contributed by atoms with E-state index in [1.165, 1.54) is 11.3 Å². The molecule has 0 saturated heterocycles. The van der Waals surface area contributed by atoms with Gasteiger partial charge in [-0.3, -0.25) is 0 Å². The molecule has 0 bridgehead atoms. The SMILES string of the molecule is CNCCC(C)(O)Cc1ccc(Cl)s1. The second-order valence-corrected chi connectivity index (χ2v) is 5.53. The number of halogens is 1. The fraction of sp³-hybridized carbons (Fsp3) is 0.600. The quantitative estimate of drug-likeness (QED) is 0.818. The molecule has 0 spiro atoms. The lowest BCUT2D eigenvalue weighted by atomic mass is 9.97. The summed E-state index contributed by atoms with van der Waals surface area (Å²) in [6.45, 7) is 2.68. The number of hydrogen-bond donors (Lipinski definition) is 2. The zero-order valence-electron chi connectivity index (χ0n) is 8.51. The molecule has 1 rings (SSSR count). The summed E-state index contributed by atoms with van der Waals surface area (Å²) in [6, 6.07) is 3.84. The van der Waals surface area contributed by atoms with E-state index in [9.17, 15) is 5.11 Å². The number of rotatable bonds is 5. The second kappa shape index (κ2) is 5.12. The Kier molecular flexibility index (Phi) is 4.38. The molecule has 4 heteroatoms. The van der Waals surface area contributed by atoms with E-state index in [4.69, 9.17) is 11.6 Å². The molecular weight excluding hydrogens is 218 g/mol. The van der Waals surface area contributed by atoms with Crippen molar-refractivity contribution < 1.29 is 5.11 Å². The van der Waals surface area contributed by atoms with Gasteiger partial charge in [0.25, 0.3) is 0 Å². The topological polar surface area (TPSA) is 32.3 Å². The molecule has 0 fully saturated rings. The van der Waals surface area contributed by atoms with Gasteiger partial charge in [-0.15, -0.1) is 11.3 Å². The Balaban J connectivity index is 2.49. The van der Waals surface area contributed by atoms with Crippen molar-refractivity contribution in [3.63, 3.8) is 0 Å². The highest BCUT2D eigenvalue weighted by Gasteiger charge is 2.20. The van der Waals surface area contributed by atoms with Gasteiger partial charge < -0.3 is 10.4 Å². The van der Waals surface area contributed by atoms with Gasteiger partial charge >= 0.3 is 0 Å². The summed E-state index contributed by atoms with van der Waals surface area (Å²) >= 11 is 7.35. The van der Waals surface area contributed by atoms with E-state index in [2.05, 4.69) is 5.32 Å². The number of aliphatic hydroxyl groups is 1. The maximum atomic E-state index is 10.0. The van der Waals surface area contributed by atoms with Crippen LogP contribution in [0.1, 0.15) is 18.2 Å². The van der Waals surface area contributed by atoms with E-state index in [-0.39, 0.29) is 0 Å². The van der Waals surface area contributed by atoms with Crippen LogP contribution in [0.15, 0.2) is 12.1 Å². The van der Waals surface area contributed by atoms with Crippen LogP contribution in [-0.4, -0.2) is 24.3 Å². The molecule has 1 atom stereocenters. The molecule has 1 heterocycles. The third-order valence-corrected chi connectivity index (χ3v) is 3.33. The first kappa shape index (κ1) is 12.0. The molecule has 2 N–H and O–H groups in total. The van der Waals surface area contributed by atoms with Crippen molar-refractivity contribution in [3.8, 4) is 0 Å². The van der Waals surface area contributed by atoms with Crippen LogP contribution in [0.4, 0.5) is 0 Å². The van der Waals surface area contributed by atoms with Gasteiger partial charge in [-0.25, -0.2) is 0 Å². The van der Waals surface area contributed by atoms with Crippen LogP contribution in [0, 0.1) is 0 Å². The predicted molar refractivity (Wildman–Crippen MR) is 62.2 cm³/mol. The zero-order valence-corrected chi connectivity index (χ0v) is 10.1. The van der Waals surface area contributed by atoms with Crippen molar-refractivity contribution in [2.24, 2.45) is 0 Å². The summed E-state index contributed by atoms with van der Waals surface area (Å²) in [7, 11) is 1.89. The molecule has 0 aliphatic heterocycles. The van der Waals surface area contributed by atoms with Gasteiger partial charge in [0.2, 0.25) is 0 Å². The monoisotopic (exact) mass is 233 g/mol. The first-order valence-electron chi connectivity index (χ1n) is 4.65. The highest BCUT2D eigenvalue weighted by molar-refractivity contribution is 7.16. The van der Waals surface area contributed by atoms with E-state index < -0.39 is 5.60 Å².